The molecule has 0 aromatic heterocycles. The zero-order valence-corrected chi connectivity index (χ0v) is 18.5. The minimum Gasteiger partial charge on any atom is -0.495 e. The van der Waals surface area contributed by atoms with E-state index in [2.05, 4.69) is 5.32 Å². The van der Waals surface area contributed by atoms with Crippen LogP contribution < -0.4 is 19.7 Å². The molecular weight excluding hydrogens is 424 g/mol. The summed E-state index contributed by atoms with van der Waals surface area (Å²) >= 11 is 1.24. The fraction of sp³-hybridized carbons (Fsp3) is 0.120. The van der Waals surface area contributed by atoms with Crippen LogP contribution in [0, 0.1) is 0 Å². The van der Waals surface area contributed by atoms with Crippen molar-refractivity contribution in [1.29, 1.82) is 0 Å². The summed E-state index contributed by atoms with van der Waals surface area (Å²) in [6, 6.07) is 23.8. The largest absolute Gasteiger partial charge is 0.495 e. The summed E-state index contributed by atoms with van der Waals surface area (Å²) < 4.78 is 11.1. The lowest BCUT2D eigenvalue weighted by atomic mass is 10.2. The molecule has 0 atom stereocenters. The van der Waals surface area contributed by atoms with Gasteiger partial charge in [0.2, 0.25) is 0 Å². The molecule has 162 valence electrons. The van der Waals surface area contributed by atoms with Gasteiger partial charge in [-0.3, -0.25) is 9.59 Å². The van der Waals surface area contributed by atoms with E-state index in [1.54, 1.807) is 24.3 Å². The van der Waals surface area contributed by atoms with Crippen LogP contribution in [0.15, 0.2) is 94.4 Å². The zero-order valence-electron chi connectivity index (χ0n) is 17.7. The maximum absolute atomic E-state index is 13.5. The van der Waals surface area contributed by atoms with Gasteiger partial charge in [0, 0.05) is 4.90 Å². The predicted octanol–water partition coefficient (Wildman–Crippen LogP) is 5.08. The molecule has 2 amide bonds. The van der Waals surface area contributed by atoms with Crippen molar-refractivity contribution in [1.82, 2.24) is 0 Å². The smallest absolute Gasteiger partial charge is 0.283 e. The van der Waals surface area contributed by atoms with Gasteiger partial charge in [-0.05, 0) is 43.3 Å². The van der Waals surface area contributed by atoms with E-state index < -0.39 is 11.8 Å². The molecule has 0 spiro atoms. The molecule has 6 nitrogen and oxygen atoms in total. The maximum atomic E-state index is 13.5. The second kappa shape index (κ2) is 9.62. The van der Waals surface area contributed by atoms with Crippen LogP contribution in [0.25, 0.3) is 0 Å². The van der Waals surface area contributed by atoms with Gasteiger partial charge in [-0.1, -0.05) is 54.2 Å². The van der Waals surface area contributed by atoms with E-state index in [0.717, 1.165) is 9.80 Å². The molecule has 0 unspecified atom stereocenters. The molecule has 1 N–H and O–H groups in total. The average Bonchev–Trinajstić information content (AvgIpc) is 3.05. The van der Waals surface area contributed by atoms with Crippen molar-refractivity contribution in [3.05, 3.63) is 89.5 Å². The molecule has 0 radical (unpaired) electrons. The molecule has 4 rings (SSSR count). The average molecular weight is 447 g/mol. The number of rotatable bonds is 8. The van der Waals surface area contributed by atoms with Crippen LogP contribution in [0.4, 0.5) is 11.4 Å². The zero-order chi connectivity index (χ0) is 22.5. The van der Waals surface area contributed by atoms with Crippen LogP contribution >= 0.6 is 11.8 Å². The molecule has 1 heterocycles. The minimum atomic E-state index is -0.454. The Balaban J connectivity index is 1.78. The normalized spacial score (nSPS) is 13.5. The van der Waals surface area contributed by atoms with E-state index in [0.29, 0.717) is 34.4 Å². The van der Waals surface area contributed by atoms with E-state index in [4.69, 9.17) is 9.47 Å². The van der Waals surface area contributed by atoms with Crippen molar-refractivity contribution in [3.63, 3.8) is 0 Å². The summed E-state index contributed by atoms with van der Waals surface area (Å²) in [5.41, 5.74) is 1.20. The molecule has 0 saturated carbocycles. The second-order valence-corrected chi connectivity index (χ2v) is 7.87. The minimum absolute atomic E-state index is 0.196. The Kier molecular flexibility index (Phi) is 6.47. The maximum Gasteiger partial charge on any atom is 0.283 e. The molecule has 0 aliphatic carbocycles. The number of imide groups is 1. The van der Waals surface area contributed by atoms with Crippen molar-refractivity contribution in [2.75, 3.05) is 23.9 Å². The van der Waals surface area contributed by atoms with Crippen molar-refractivity contribution < 1.29 is 19.1 Å². The van der Waals surface area contributed by atoms with Crippen LogP contribution in [-0.2, 0) is 9.59 Å². The molecule has 1 aliphatic heterocycles. The highest BCUT2D eigenvalue weighted by Gasteiger charge is 2.41. The number of anilines is 2. The Hall–Kier alpha value is -3.71. The number of carbonyl (C=O) groups is 2. The van der Waals surface area contributed by atoms with Gasteiger partial charge in [-0.2, -0.15) is 0 Å². The number of thioether (sulfide) groups is 1. The first-order chi connectivity index (χ1) is 15.6. The number of benzene rings is 3. The summed E-state index contributed by atoms with van der Waals surface area (Å²) in [6.07, 6.45) is 0. The van der Waals surface area contributed by atoms with Gasteiger partial charge in [-0.15, -0.1) is 0 Å². The molecule has 3 aromatic rings. The number of para-hydroxylation sites is 4. The topological polar surface area (TPSA) is 67.9 Å². The Bertz CT molecular complexity index is 1180. The second-order valence-electron chi connectivity index (χ2n) is 6.79. The lowest BCUT2D eigenvalue weighted by Gasteiger charge is -2.18. The Morgan fingerprint density at radius 2 is 1.50 bits per heavy atom. The predicted molar refractivity (Wildman–Crippen MR) is 126 cm³/mol. The lowest BCUT2D eigenvalue weighted by molar-refractivity contribution is -0.120. The van der Waals surface area contributed by atoms with Crippen LogP contribution in [-0.4, -0.2) is 25.5 Å². The number of ether oxygens (including phenoxy) is 2. The quantitative estimate of drug-likeness (QED) is 0.487. The highest BCUT2D eigenvalue weighted by molar-refractivity contribution is 8.04. The van der Waals surface area contributed by atoms with Crippen molar-refractivity contribution in [3.8, 4) is 11.5 Å². The molecule has 0 bridgehead atoms. The molecule has 1 aliphatic rings. The number of methoxy groups -OCH3 is 1. The third-order valence-corrected chi connectivity index (χ3v) is 5.87. The fourth-order valence-electron chi connectivity index (χ4n) is 3.34. The Labute approximate surface area is 190 Å². The van der Waals surface area contributed by atoms with Gasteiger partial charge < -0.3 is 14.8 Å². The van der Waals surface area contributed by atoms with Gasteiger partial charge in [0.25, 0.3) is 11.8 Å². The summed E-state index contributed by atoms with van der Waals surface area (Å²) in [5, 5.41) is 3.16. The first-order valence-corrected chi connectivity index (χ1v) is 10.9. The number of carbonyl (C=O) groups excluding carboxylic acids is 2. The van der Waals surface area contributed by atoms with Crippen LogP contribution in [0.1, 0.15) is 6.92 Å². The molecule has 32 heavy (non-hydrogen) atoms. The number of amides is 2. The van der Waals surface area contributed by atoms with E-state index >= 15 is 0 Å². The van der Waals surface area contributed by atoms with Gasteiger partial charge >= 0.3 is 0 Å². The standard InChI is InChI=1S/C25H22N2O4S/c1-3-31-20-15-9-7-13-18(20)26-22-23(32-17-11-5-4-6-12-17)25(29)27(24(22)28)19-14-8-10-16-21(19)30-2/h4-16,26H,3H2,1-2H3. The molecule has 7 heteroatoms. The van der Waals surface area contributed by atoms with Crippen LogP contribution in [0.3, 0.4) is 0 Å². The highest BCUT2D eigenvalue weighted by Crippen LogP contribution is 2.41. The van der Waals surface area contributed by atoms with Crippen molar-refractivity contribution >= 4 is 35.0 Å². The lowest BCUT2D eigenvalue weighted by Crippen LogP contribution is -2.32. The number of hydrogen-bond acceptors (Lipinski definition) is 6. The van der Waals surface area contributed by atoms with E-state index in [1.807, 2.05) is 61.5 Å². The summed E-state index contributed by atoms with van der Waals surface area (Å²) in [7, 11) is 1.51. The highest BCUT2D eigenvalue weighted by atomic mass is 32.2. The fourth-order valence-corrected chi connectivity index (χ4v) is 4.29. The molecule has 0 fully saturated rings. The third-order valence-electron chi connectivity index (χ3n) is 4.78. The van der Waals surface area contributed by atoms with Crippen molar-refractivity contribution in [2.24, 2.45) is 0 Å². The van der Waals surface area contributed by atoms with Crippen LogP contribution in [0.5, 0.6) is 11.5 Å². The first kappa shape index (κ1) is 21.5. The molecule has 0 saturated heterocycles. The Morgan fingerprint density at radius 1 is 0.844 bits per heavy atom. The number of hydrogen-bond donors (Lipinski definition) is 1. The van der Waals surface area contributed by atoms with E-state index in [-0.39, 0.29) is 5.70 Å². The SMILES string of the molecule is CCOc1ccccc1NC1=C(Sc2ccccc2)C(=O)N(c2ccccc2OC)C1=O. The molecule has 3 aromatic carbocycles. The monoisotopic (exact) mass is 446 g/mol. The first-order valence-electron chi connectivity index (χ1n) is 10.1. The van der Waals surface area contributed by atoms with Crippen molar-refractivity contribution in [2.45, 2.75) is 11.8 Å². The Morgan fingerprint density at radius 3 is 2.22 bits per heavy atom. The van der Waals surface area contributed by atoms with Gasteiger partial charge in [0.1, 0.15) is 22.1 Å². The summed E-state index contributed by atoms with van der Waals surface area (Å²) in [6.45, 7) is 2.37. The van der Waals surface area contributed by atoms with Gasteiger partial charge in [0.15, 0.2) is 0 Å². The van der Waals surface area contributed by atoms with E-state index in [9.17, 15) is 9.59 Å². The van der Waals surface area contributed by atoms with Crippen LogP contribution in [0.2, 0.25) is 0 Å². The summed E-state index contributed by atoms with van der Waals surface area (Å²) in [5.74, 6) is 0.172. The third kappa shape index (κ3) is 4.20. The summed E-state index contributed by atoms with van der Waals surface area (Å²) in [4.78, 5) is 29.3. The number of nitrogens with zero attached hydrogens (tertiary/aromatic N) is 1. The van der Waals surface area contributed by atoms with Gasteiger partial charge in [-0.25, -0.2) is 4.90 Å². The number of nitrogens with one attached hydrogen (secondary N) is 1. The van der Waals surface area contributed by atoms with E-state index in [1.165, 1.54) is 18.9 Å². The van der Waals surface area contributed by atoms with Gasteiger partial charge in [0.05, 0.1) is 25.1 Å². The molecular formula is C25H22N2O4S.